The molecule has 0 aliphatic heterocycles. The second kappa shape index (κ2) is 7.76. The number of alkyl carbamates (subject to hydrolysis) is 1. The third-order valence-electron chi connectivity index (χ3n) is 2.45. The van der Waals surface area contributed by atoms with E-state index >= 15 is 0 Å². The fourth-order valence-electron chi connectivity index (χ4n) is 1.59. The maximum Gasteiger partial charge on any atom is 0.407 e. The molecule has 0 unspecified atom stereocenters. The van der Waals surface area contributed by atoms with Crippen LogP contribution < -0.4 is 5.32 Å². The summed E-state index contributed by atoms with van der Waals surface area (Å²) in [5, 5.41) is 2.62. The van der Waals surface area contributed by atoms with E-state index in [9.17, 15) is 13.6 Å². The van der Waals surface area contributed by atoms with Gasteiger partial charge in [-0.1, -0.05) is 30.4 Å². The molecule has 5 heteroatoms. The number of alkyl halides is 2. The van der Waals surface area contributed by atoms with E-state index in [0.29, 0.717) is 18.5 Å². The summed E-state index contributed by atoms with van der Waals surface area (Å²) in [6.45, 7) is 5.81. The van der Waals surface area contributed by atoms with E-state index in [1.807, 2.05) is 6.08 Å². The Bertz CT molecular complexity index is 493. The molecule has 3 nitrogen and oxygen atoms in total. The Hall–Kier alpha value is -1.91. The zero-order valence-electron chi connectivity index (χ0n) is 12.5. The normalized spacial score (nSPS) is 11.9. The number of benzene rings is 1. The molecular formula is C16H21F2NO2. The van der Waals surface area contributed by atoms with Gasteiger partial charge in [0.2, 0.25) is 0 Å². The number of hydrogen-bond donors (Lipinski definition) is 1. The lowest BCUT2D eigenvalue weighted by molar-refractivity contribution is 0.0529. The molecule has 0 heterocycles. The van der Waals surface area contributed by atoms with Gasteiger partial charge in [0.1, 0.15) is 5.60 Å². The second-order valence-corrected chi connectivity index (χ2v) is 5.59. The van der Waals surface area contributed by atoms with Gasteiger partial charge in [0, 0.05) is 12.1 Å². The van der Waals surface area contributed by atoms with Gasteiger partial charge in [0.15, 0.2) is 0 Å². The number of carbonyl (C=O) groups is 1. The summed E-state index contributed by atoms with van der Waals surface area (Å²) in [7, 11) is 0. The van der Waals surface area contributed by atoms with Crippen LogP contribution in [0.25, 0.3) is 6.08 Å². The molecule has 21 heavy (non-hydrogen) atoms. The summed E-state index contributed by atoms with van der Waals surface area (Å²) in [6.07, 6.45) is 1.24. The molecule has 1 amide bonds. The van der Waals surface area contributed by atoms with E-state index in [1.54, 1.807) is 39.0 Å². The molecule has 0 aliphatic carbocycles. The maximum absolute atomic E-state index is 12.5. The van der Waals surface area contributed by atoms with Crippen molar-refractivity contribution >= 4 is 12.2 Å². The van der Waals surface area contributed by atoms with Gasteiger partial charge in [-0.3, -0.25) is 0 Å². The number of amides is 1. The first-order valence-electron chi connectivity index (χ1n) is 6.79. The van der Waals surface area contributed by atoms with Crippen molar-refractivity contribution in [2.75, 3.05) is 6.54 Å². The van der Waals surface area contributed by atoms with E-state index in [4.69, 9.17) is 4.74 Å². The molecule has 0 saturated heterocycles. The largest absolute Gasteiger partial charge is 0.444 e. The first-order chi connectivity index (χ1) is 9.78. The molecule has 0 atom stereocenters. The highest BCUT2D eigenvalue weighted by molar-refractivity contribution is 5.67. The molecule has 1 aromatic rings. The Labute approximate surface area is 124 Å². The van der Waals surface area contributed by atoms with Crippen LogP contribution in [0.3, 0.4) is 0 Å². The van der Waals surface area contributed by atoms with Gasteiger partial charge in [-0.05, 0) is 38.8 Å². The number of carbonyl (C=O) groups excluding carboxylic acids is 1. The van der Waals surface area contributed by atoms with Crippen molar-refractivity contribution in [2.24, 2.45) is 0 Å². The van der Waals surface area contributed by atoms with Gasteiger partial charge in [-0.15, -0.1) is 0 Å². The molecule has 0 fully saturated rings. The highest BCUT2D eigenvalue weighted by atomic mass is 19.3. The van der Waals surface area contributed by atoms with Crippen LogP contribution in [0.4, 0.5) is 13.6 Å². The van der Waals surface area contributed by atoms with Crippen molar-refractivity contribution in [3.63, 3.8) is 0 Å². The molecule has 1 aromatic carbocycles. The van der Waals surface area contributed by atoms with E-state index in [0.717, 1.165) is 0 Å². The monoisotopic (exact) mass is 297 g/mol. The Morgan fingerprint density at radius 3 is 2.71 bits per heavy atom. The van der Waals surface area contributed by atoms with Crippen LogP contribution in [-0.2, 0) is 4.74 Å². The van der Waals surface area contributed by atoms with Gasteiger partial charge in [-0.25, -0.2) is 13.6 Å². The molecule has 1 rings (SSSR count). The van der Waals surface area contributed by atoms with Crippen LogP contribution >= 0.6 is 0 Å². The van der Waals surface area contributed by atoms with Crippen molar-refractivity contribution < 1.29 is 18.3 Å². The minimum absolute atomic E-state index is 0.00373. The van der Waals surface area contributed by atoms with Crippen LogP contribution in [0.15, 0.2) is 30.3 Å². The summed E-state index contributed by atoms with van der Waals surface area (Å²) < 4.78 is 30.1. The third-order valence-corrected chi connectivity index (χ3v) is 2.45. The highest BCUT2D eigenvalue weighted by Gasteiger charge is 2.15. The second-order valence-electron chi connectivity index (χ2n) is 5.59. The summed E-state index contributed by atoms with van der Waals surface area (Å²) in [4.78, 5) is 11.4. The molecule has 0 bridgehead atoms. The SMILES string of the molecule is CC(C)(C)OC(=O)NCCC=Cc1cccc(C(F)F)c1. The van der Waals surface area contributed by atoms with Gasteiger partial charge >= 0.3 is 6.09 Å². The first kappa shape index (κ1) is 17.1. The lowest BCUT2D eigenvalue weighted by Gasteiger charge is -2.19. The van der Waals surface area contributed by atoms with Crippen LogP contribution in [0.1, 0.15) is 44.7 Å². The van der Waals surface area contributed by atoms with Crippen molar-refractivity contribution in [1.82, 2.24) is 5.32 Å². The lowest BCUT2D eigenvalue weighted by atomic mass is 10.1. The molecule has 0 aliphatic rings. The van der Waals surface area contributed by atoms with Crippen LogP contribution in [0, 0.1) is 0 Å². The highest BCUT2D eigenvalue weighted by Crippen LogP contribution is 2.19. The van der Waals surface area contributed by atoms with Crippen molar-refractivity contribution in [3.05, 3.63) is 41.5 Å². The average Bonchev–Trinajstić information content (AvgIpc) is 2.36. The van der Waals surface area contributed by atoms with Crippen LogP contribution in [0.2, 0.25) is 0 Å². The Morgan fingerprint density at radius 1 is 1.38 bits per heavy atom. The van der Waals surface area contributed by atoms with E-state index < -0.39 is 18.1 Å². The summed E-state index contributed by atoms with van der Waals surface area (Å²) in [5.41, 5.74) is 0.199. The minimum atomic E-state index is -2.47. The Balaban J connectivity index is 2.35. The van der Waals surface area contributed by atoms with Crippen molar-refractivity contribution in [2.45, 2.75) is 39.2 Å². The summed E-state index contributed by atoms with van der Waals surface area (Å²) in [6, 6.07) is 6.19. The molecule has 0 saturated carbocycles. The smallest absolute Gasteiger partial charge is 0.407 e. The number of rotatable bonds is 5. The predicted octanol–water partition coefficient (Wildman–Crippen LogP) is 4.55. The molecule has 116 valence electrons. The molecule has 0 aromatic heterocycles. The lowest BCUT2D eigenvalue weighted by Crippen LogP contribution is -2.32. The zero-order chi connectivity index (χ0) is 15.9. The Kier molecular flexibility index (Phi) is 6.34. The number of halogens is 2. The maximum atomic E-state index is 12.5. The molecule has 1 N–H and O–H groups in total. The summed E-state index contributed by atoms with van der Waals surface area (Å²) in [5.74, 6) is 0. The minimum Gasteiger partial charge on any atom is -0.444 e. The fraction of sp³-hybridized carbons (Fsp3) is 0.438. The standard InChI is InChI=1S/C16H21F2NO2/c1-16(2,3)21-15(20)19-10-5-4-7-12-8-6-9-13(11-12)14(17)18/h4,6-9,11,14H,5,10H2,1-3H3,(H,19,20). The first-order valence-corrected chi connectivity index (χ1v) is 6.79. The predicted molar refractivity (Wildman–Crippen MR) is 79.3 cm³/mol. The molecule has 0 spiro atoms. The van der Waals surface area contributed by atoms with Gasteiger partial charge in [-0.2, -0.15) is 0 Å². The topological polar surface area (TPSA) is 38.3 Å². The molecule has 0 radical (unpaired) electrons. The van der Waals surface area contributed by atoms with Gasteiger partial charge < -0.3 is 10.1 Å². The van der Waals surface area contributed by atoms with Crippen molar-refractivity contribution in [1.29, 1.82) is 0 Å². The van der Waals surface area contributed by atoms with Crippen molar-refractivity contribution in [3.8, 4) is 0 Å². The van der Waals surface area contributed by atoms with Crippen LogP contribution in [-0.4, -0.2) is 18.2 Å². The van der Waals surface area contributed by atoms with Crippen LogP contribution in [0.5, 0.6) is 0 Å². The summed E-state index contributed by atoms with van der Waals surface area (Å²) >= 11 is 0. The average molecular weight is 297 g/mol. The number of hydrogen-bond acceptors (Lipinski definition) is 2. The zero-order valence-corrected chi connectivity index (χ0v) is 12.5. The number of ether oxygens (including phenoxy) is 1. The van der Waals surface area contributed by atoms with E-state index in [2.05, 4.69) is 5.32 Å². The third kappa shape index (κ3) is 7.44. The quantitative estimate of drug-likeness (QED) is 0.810. The fourth-order valence-corrected chi connectivity index (χ4v) is 1.59. The van der Waals surface area contributed by atoms with E-state index in [1.165, 1.54) is 12.1 Å². The van der Waals surface area contributed by atoms with Gasteiger partial charge in [0.25, 0.3) is 6.43 Å². The Morgan fingerprint density at radius 2 is 2.10 bits per heavy atom. The number of nitrogens with one attached hydrogen (secondary N) is 1. The van der Waals surface area contributed by atoms with E-state index in [-0.39, 0.29) is 5.56 Å². The van der Waals surface area contributed by atoms with Gasteiger partial charge in [0.05, 0.1) is 0 Å². The molecular weight excluding hydrogens is 276 g/mol.